The maximum Gasteiger partial charge on any atom is 0.227 e. The zero-order chi connectivity index (χ0) is 23.8. The first kappa shape index (κ1) is 22.7. The first-order valence-electron chi connectivity index (χ1n) is 11.4. The van der Waals surface area contributed by atoms with Gasteiger partial charge in [0.25, 0.3) is 0 Å². The fourth-order valence-electron chi connectivity index (χ4n) is 4.65. The first-order chi connectivity index (χ1) is 16.4. The van der Waals surface area contributed by atoms with E-state index < -0.39 is 0 Å². The van der Waals surface area contributed by atoms with Crippen LogP contribution in [0, 0.1) is 0 Å². The van der Waals surface area contributed by atoms with Gasteiger partial charge in [0.1, 0.15) is 17.4 Å². The van der Waals surface area contributed by atoms with Crippen molar-refractivity contribution in [3.05, 3.63) is 28.9 Å². The van der Waals surface area contributed by atoms with E-state index in [1.807, 2.05) is 17.0 Å². The molecule has 2 amide bonds. The standard InChI is InChI=1S/C23H27ClN6O4/c1-14(31)29-5-6-30-17(12-29)13-33-7-8-34-19-10-16(26-22-18(24)11-25-23(30)27-22)9-15-3-4-20(32)28(2)21(15)19/h9-11,17H,3-8,12-13H2,1-2H3,(H,25,26,27)/t17-/m0/s1. The molecule has 4 bridgehead atoms. The minimum absolute atomic E-state index is 0.0312. The maximum atomic E-state index is 12.3. The third kappa shape index (κ3) is 4.35. The topological polar surface area (TPSA) is 100 Å². The summed E-state index contributed by atoms with van der Waals surface area (Å²) in [7, 11) is 1.77. The van der Waals surface area contributed by atoms with Crippen molar-refractivity contribution < 1.29 is 19.1 Å². The Morgan fingerprint density at radius 1 is 1.24 bits per heavy atom. The Bertz CT molecular complexity index is 1130. The van der Waals surface area contributed by atoms with Gasteiger partial charge in [-0.05, 0) is 18.1 Å². The number of piperazine rings is 1. The van der Waals surface area contributed by atoms with Crippen LogP contribution in [0.15, 0.2) is 18.3 Å². The van der Waals surface area contributed by atoms with Gasteiger partial charge in [-0.2, -0.15) is 4.98 Å². The summed E-state index contributed by atoms with van der Waals surface area (Å²) in [5, 5.41) is 3.70. The van der Waals surface area contributed by atoms with E-state index in [1.54, 1.807) is 25.1 Å². The molecule has 1 N–H and O–H groups in total. The van der Waals surface area contributed by atoms with Crippen molar-refractivity contribution in [2.75, 3.05) is 61.6 Å². The molecule has 5 rings (SSSR count). The molecular formula is C23H27ClN6O4. The lowest BCUT2D eigenvalue weighted by atomic mass is 10.00. The SMILES string of the molecule is CC(=O)N1CCN2c3ncc(Cl)c(n3)Nc3cc4c(c(c3)OCCOC[C@@H]2C1)N(C)C(=O)CC4. The molecule has 180 valence electrons. The summed E-state index contributed by atoms with van der Waals surface area (Å²) < 4.78 is 12.0. The number of nitrogens with zero attached hydrogens (tertiary/aromatic N) is 5. The van der Waals surface area contributed by atoms with Crippen LogP contribution in [0.3, 0.4) is 0 Å². The van der Waals surface area contributed by atoms with Gasteiger partial charge < -0.3 is 29.5 Å². The van der Waals surface area contributed by atoms with Crippen LogP contribution in [0.2, 0.25) is 5.02 Å². The Labute approximate surface area is 202 Å². The molecule has 11 heteroatoms. The number of halogens is 1. The summed E-state index contributed by atoms with van der Waals surface area (Å²) in [4.78, 5) is 39.0. The molecule has 10 nitrogen and oxygen atoms in total. The van der Waals surface area contributed by atoms with E-state index in [0.717, 1.165) is 16.9 Å². The number of anilines is 4. The number of aryl methyl sites for hydroxylation is 1. The van der Waals surface area contributed by atoms with Gasteiger partial charge in [0.2, 0.25) is 17.8 Å². The summed E-state index contributed by atoms with van der Waals surface area (Å²) in [6, 6.07) is 3.75. The van der Waals surface area contributed by atoms with Gasteiger partial charge >= 0.3 is 0 Å². The van der Waals surface area contributed by atoms with Crippen molar-refractivity contribution in [3.63, 3.8) is 0 Å². The summed E-state index contributed by atoms with van der Waals surface area (Å²) in [6.07, 6.45) is 2.66. The second kappa shape index (κ2) is 9.27. The van der Waals surface area contributed by atoms with Gasteiger partial charge in [-0.25, -0.2) is 4.98 Å². The third-order valence-corrected chi connectivity index (χ3v) is 6.72. The molecule has 1 aromatic carbocycles. The second-order valence-corrected chi connectivity index (χ2v) is 9.07. The molecule has 1 fully saturated rings. The number of rotatable bonds is 0. The van der Waals surface area contributed by atoms with E-state index in [1.165, 1.54) is 0 Å². The monoisotopic (exact) mass is 486 g/mol. The molecule has 2 aromatic rings. The Hall–Kier alpha value is -3.11. The fraction of sp³-hybridized carbons (Fsp3) is 0.478. The minimum Gasteiger partial charge on any atom is -0.489 e. The van der Waals surface area contributed by atoms with E-state index >= 15 is 0 Å². The third-order valence-electron chi connectivity index (χ3n) is 6.45. The number of amides is 2. The van der Waals surface area contributed by atoms with Crippen LogP contribution in [0.5, 0.6) is 5.75 Å². The Balaban J connectivity index is 1.53. The van der Waals surface area contributed by atoms with Crippen molar-refractivity contribution >= 4 is 46.6 Å². The van der Waals surface area contributed by atoms with Gasteiger partial charge in [-0.1, -0.05) is 11.6 Å². The zero-order valence-corrected chi connectivity index (χ0v) is 20.0. The molecule has 1 atom stereocenters. The van der Waals surface area contributed by atoms with Gasteiger partial charge in [0.05, 0.1) is 31.1 Å². The average molecular weight is 487 g/mol. The average Bonchev–Trinajstić information content (AvgIpc) is 2.82. The van der Waals surface area contributed by atoms with Crippen LogP contribution < -0.4 is 19.9 Å². The molecule has 4 heterocycles. The van der Waals surface area contributed by atoms with Crippen LogP contribution in [-0.4, -0.2) is 79.2 Å². The summed E-state index contributed by atoms with van der Waals surface area (Å²) in [5.41, 5.74) is 2.55. The summed E-state index contributed by atoms with van der Waals surface area (Å²) in [6.45, 7) is 4.34. The molecule has 3 aliphatic heterocycles. The Kier molecular flexibility index (Phi) is 6.18. The van der Waals surface area contributed by atoms with Crippen LogP contribution in [0.4, 0.5) is 23.1 Å². The molecule has 0 radical (unpaired) electrons. The molecule has 3 aliphatic rings. The minimum atomic E-state index is -0.107. The van der Waals surface area contributed by atoms with Crippen LogP contribution >= 0.6 is 11.6 Å². The Morgan fingerprint density at radius 2 is 2.09 bits per heavy atom. The molecule has 0 unspecified atom stereocenters. The molecule has 34 heavy (non-hydrogen) atoms. The van der Waals surface area contributed by atoms with Crippen molar-refractivity contribution in [1.82, 2.24) is 14.9 Å². The predicted molar refractivity (Wildman–Crippen MR) is 128 cm³/mol. The number of fused-ring (bicyclic) bond motifs is 8. The normalized spacial score (nSPS) is 20.5. The Morgan fingerprint density at radius 3 is 2.91 bits per heavy atom. The van der Waals surface area contributed by atoms with E-state index in [9.17, 15) is 9.59 Å². The number of carbonyl (C=O) groups excluding carboxylic acids is 2. The first-order valence-corrected chi connectivity index (χ1v) is 11.7. The summed E-state index contributed by atoms with van der Waals surface area (Å²) >= 11 is 6.45. The predicted octanol–water partition coefficient (Wildman–Crippen LogP) is 2.23. The molecule has 0 saturated carbocycles. The van der Waals surface area contributed by atoms with Gasteiger partial charge in [0.15, 0.2) is 5.82 Å². The number of carbonyl (C=O) groups is 2. The zero-order valence-electron chi connectivity index (χ0n) is 19.2. The molecule has 0 spiro atoms. The van der Waals surface area contributed by atoms with E-state index in [0.29, 0.717) is 74.8 Å². The lowest BCUT2D eigenvalue weighted by molar-refractivity contribution is -0.130. The van der Waals surface area contributed by atoms with E-state index in [-0.39, 0.29) is 17.9 Å². The molecule has 0 aliphatic carbocycles. The smallest absolute Gasteiger partial charge is 0.227 e. The van der Waals surface area contributed by atoms with Gasteiger partial charge in [-0.15, -0.1) is 0 Å². The van der Waals surface area contributed by atoms with Crippen molar-refractivity contribution in [2.45, 2.75) is 25.8 Å². The lowest BCUT2D eigenvalue weighted by Crippen LogP contribution is -2.56. The van der Waals surface area contributed by atoms with Gasteiger partial charge in [0, 0.05) is 51.8 Å². The van der Waals surface area contributed by atoms with Crippen molar-refractivity contribution in [3.8, 4) is 5.75 Å². The molecule has 1 saturated heterocycles. The number of hydrogen-bond donors (Lipinski definition) is 1. The number of hydrogen-bond acceptors (Lipinski definition) is 8. The number of ether oxygens (including phenoxy) is 2. The quantitative estimate of drug-likeness (QED) is 0.605. The highest BCUT2D eigenvalue weighted by atomic mass is 35.5. The fourth-order valence-corrected chi connectivity index (χ4v) is 4.79. The number of nitrogens with one attached hydrogen (secondary N) is 1. The van der Waals surface area contributed by atoms with E-state index in [4.69, 9.17) is 26.1 Å². The van der Waals surface area contributed by atoms with Crippen molar-refractivity contribution in [2.24, 2.45) is 0 Å². The van der Waals surface area contributed by atoms with Crippen LogP contribution in [-0.2, 0) is 20.7 Å². The van der Waals surface area contributed by atoms with Gasteiger partial charge in [-0.3, -0.25) is 9.59 Å². The van der Waals surface area contributed by atoms with Crippen LogP contribution in [0.25, 0.3) is 0 Å². The highest BCUT2D eigenvalue weighted by molar-refractivity contribution is 6.32. The molecular weight excluding hydrogens is 460 g/mol. The molecule has 1 aromatic heterocycles. The largest absolute Gasteiger partial charge is 0.489 e. The lowest BCUT2D eigenvalue weighted by Gasteiger charge is -2.41. The van der Waals surface area contributed by atoms with E-state index in [2.05, 4.69) is 15.2 Å². The second-order valence-electron chi connectivity index (χ2n) is 8.66. The number of aromatic nitrogens is 2. The number of benzene rings is 1. The van der Waals surface area contributed by atoms with Crippen LogP contribution in [0.1, 0.15) is 18.9 Å². The maximum absolute atomic E-state index is 12.3. The highest BCUT2D eigenvalue weighted by Gasteiger charge is 2.31. The summed E-state index contributed by atoms with van der Waals surface area (Å²) in [5.74, 6) is 1.69. The van der Waals surface area contributed by atoms with Crippen molar-refractivity contribution in [1.29, 1.82) is 0 Å². The highest BCUT2D eigenvalue weighted by Crippen LogP contribution is 2.40.